The van der Waals surface area contributed by atoms with E-state index in [0.717, 1.165) is 44.2 Å². The Morgan fingerprint density at radius 1 is 1.02 bits per heavy atom. The minimum Gasteiger partial charge on any atom is -0.444 e. The number of halogens is 1. The molecular weight excluding hydrogens is 576 g/mol. The number of piperazine rings is 1. The molecule has 228 valence electrons. The maximum atomic E-state index is 14.1. The highest BCUT2D eigenvalue weighted by Crippen LogP contribution is 2.40. The third kappa shape index (κ3) is 5.41. The van der Waals surface area contributed by atoms with Crippen LogP contribution in [0.15, 0.2) is 59.5 Å². The van der Waals surface area contributed by atoms with E-state index in [1.807, 2.05) is 76.4 Å². The smallest absolute Gasteiger partial charge is 0.410 e. The molecule has 0 radical (unpaired) electrons. The van der Waals surface area contributed by atoms with Gasteiger partial charge in [-0.3, -0.25) is 9.67 Å². The van der Waals surface area contributed by atoms with Crippen molar-refractivity contribution in [2.45, 2.75) is 53.1 Å². The molecule has 5 aromatic rings. The van der Waals surface area contributed by atoms with Crippen molar-refractivity contribution in [2.75, 3.05) is 31.1 Å². The lowest BCUT2D eigenvalue weighted by Gasteiger charge is -2.36. The second kappa shape index (κ2) is 11.3. The molecule has 0 bridgehead atoms. The van der Waals surface area contributed by atoms with E-state index in [9.17, 15) is 9.59 Å². The first-order valence-corrected chi connectivity index (χ1v) is 15.3. The molecule has 0 aliphatic carbocycles. The summed E-state index contributed by atoms with van der Waals surface area (Å²) in [6.07, 6.45) is 1.47. The van der Waals surface area contributed by atoms with Crippen molar-refractivity contribution in [3.05, 3.63) is 81.4 Å². The molecule has 1 N–H and O–H groups in total. The average Bonchev–Trinajstić information content (AvgIpc) is 3.45. The highest BCUT2D eigenvalue weighted by molar-refractivity contribution is 6.35. The van der Waals surface area contributed by atoms with Crippen molar-refractivity contribution < 1.29 is 9.53 Å². The van der Waals surface area contributed by atoms with Gasteiger partial charge in [-0.25, -0.2) is 9.59 Å². The third-order valence-corrected chi connectivity index (χ3v) is 8.41. The summed E-state index contributed by atoms with van der Waals surface area (Å²) < 4.78 is 7.29. The Balaban J connectivity index is 1.54. The molecule has 2 aromatic heterocycles. The van der Waals surface area contributed by atoms with Gasteiger partial charge in [0.25, 0.3) is 0 Å². The second-order valence-electron chi connectivity index (χ2n) is 12.7. The summed E-state index contributed by atoms with van der Waals surface area (Å²) in [7, 11) is 0. The Bertz CT molecular complexity index is 1950. The molecule has 10 heteroatoms. The van der Waals surface area contributed by atoms with Crippen LogP contribution in [0.2, 0.25) is 5.02 Å². The number of aryl methyl sites for hydroxylation is 1. The van der Waals surface area contributed by atoms with E-state index in [-0.39, 0.29) is 17.7 Å². The number of anilines is 1. The van der Waals surface area contributed by atoms with Gasteiger partial charge in [-0.2, -0.15) is 10.1 Å². The molecule has 0 spiro atoms. The number of rotatable bonds is 4. The summed E-state index contributed by atoms with van der Waals surface area (Å²) in [4.78, 5) is 35.2. The topological polar surface area (TPSA) is 96.4 Å². The Labute approximate surface area is 261 Å². The molecule has 1 saturated heterocycles. The Morgan fingerprint density at radius 3 is 2.45 bits per heavy atom. The molecule has 44 heavy (non-hydrogen) atoms. The fourth-order valence-electron chi connectivity index (χ4n) is 5.99. The molecule has 3 aromatic carbocycles. The SMILES string of the molecule is Cc1ccc2[nH]ncc2c1-c1cc2c(cc1Cl)c(N1CCN(C(=O)OC(C)(C)C)CC1)nc(=O)n2-c1ccccc1C(C)C. The summed E-state index contributed by atoms with van der Waals surface area (Å²) in [6.45, 7) is 13.7. The normalized spacial score (nSPS) is 14.2. The lowest BCUT2D eigenvalue weighted by molar-refractivity contribution is 0.0240. The number of amides is 1. The minimum absolute atomic E-state index is 0.183. The Morgan fingerprint density at radius 2 is 1.75 bits per heavy atom. The number of aromatic amines is 1. The summed E-state index contributed by atoms with van der Waals surface area (Å²) in [5.41, 5.74) is 5.32. The van der Waals surface area contributed by atoms with Gasteiger partial charge in [0.15, 0.2) is 0 Å². The van der Waals surface area contributed by atoms with Gasteiger partial charge in [-0.15, -0.1) is 0 Å². The lowest BCUT2D eigenvalue weighted by atomic mass is 9.95. The number of para-hydroxylation sites is 1. The fourth-order valence-corrected chi connectivity index (χ4v) is 6.24. The minimum atomic E-state index is -0.573. The van der Waals surface area contributed by atoms with Crippen LogP contribution in [0.3, 0.4) is 0 Å². The number of nitrogens with one attached hydrogen (secondary N) is 1. The van der Waals surface area contributed by atoms with Crippen molar-refractivity contribution in [3.63, 3.8) is 0 Å². The standard InChI is InChI=1S/C34H37ClN6O3/c1-20(2)22-9-7-8-10-28(22)41-29-18-23(30-21(3)11-12-27-25(30)19-36-38-27)26(35)17-24(29)31(37-32(41)42)39-13-15-40(16-14-39)33(43)44-34(4,5)6/h7-12,17-20H,13-16H2,1-6H3,(H,36,38). The van der Waals surface area contributed by atoms with Gasteiger partial charge in [0.1, 0.15) is 11.4 Å². The monoisotopic (exact) mass is 612 g/mol. The molecule has 1 aliphatic heterocycles. The van der Waals surface area contributed by atoms with Crippen LogP contribution in [-0.2, 0) is 4.74 Å². The first kappa shape index (κ1) is 29.7. The summed E-state index contributed by atoms with van der Waals surface area (Å²) >= 11 is 7.10. The zero-order valence-corrected chi connectivity index (χ0v) is 26.7. The van der Waals surface area contributed by atoms with Crippen molar-refractivity contribution in [3.8, 4) is 16.8 Å². The zero-order chi connectivity index (χ0) is 31.3. The number of carbonyl (C=O) groups is 1. The van der Waals surface area contributed by atoms with Gasteiger partial charge in [0, 0.05) is 47.5 Å². The molecule has 6 rings (SSSR count). The molecule has 0 atom stereocenters. The van der Waals surface area contributed by atoms with E-state index in [1.54, 1.807) is 9.47 Å². The molecule has 1 fully saturated rings. The van der Waals surface area contributed by atoms with Crippen LogP contribution in [-0.4, -0.2) is 62.5 Å². The van der Waals surface area contributed by atoms with Crippen LogP contribution >= 0.6 is 11.6 Å². The van der Waals surface area contributed by atoms with Crippen molar-refractivity contribution in [2.24, 2.45) is 0 Å². The van der Waals surface area contributed by atoms with Crippen LogP contribution in [0.4, 0.5) is 10.6 Å². The molecule has 9 nitrogen and oxygen atoms in total. The maximum Gasteiger partial charge on any atom is 0.410 e. The number of aromatic nitrogens is 4. The Hall–Kier alpha value is -4.37. The summed E-state index contributed by atoms with van der Waals surface area (Å²) in [6, 6.07) is 15.9. The van der Waals surface area contributed by atoms with E-state index in [0.29, 0.717) is 42.5 Å². The van der Waals surface area contributed by atoms with E-state index in [4.69, 9.17) is 16.3 Å². The van der Waals surface area contributed by atoms with Crippen molar-refractivity contribution >= 4 is 45.3 Å². The van der Waals surface area contributed by atoms with Gasteiger partial charge < -0.3 is 14.5 Å². The number of hydrogen-bond donors (Lipinski definition) is 1. The molecule has 3 heterocycles. The van der Waals surface area contributed by atoms with E-state index in [2.05, 4.69) is 40.0 Å². The quantitative estimate of drug-likeness (QED) is 0.233. The molecule has 1 aliphatic rings. The van der Waals surface area contributed by atoms with Crippen LogP contribution < -0.4 is 10.6 Å². The van der Waals surface area contributed by atoms with Gasteiger partial charge >= 0.3 is 11.8 Å². The van der Waals surface area contributed by atoms with E-state index >= 15 is 0 Å². The number of nitrogens with zero attached hydrogens (tertiary/aromatic N) is 5. The highest BCUT2D eigenvalue weighted by atomic mass is 35.5. The number of H-pyrrole nitrogens is 1. The van der Waals surface area contributed by atoms with Gasteiger partial charge in [-0.05, 0) is 74.6 Å². The predicted molar refractivity (Wildman–Crippen MR) is 176 cm³/mol. The molecular formula is C34H37ClN6O3. The number of benzene rings is 3. The highest BCUT2D eigenvalue weighted by Gasteiger charge is 2.28. The average molecular weight is 613 g/mol. The summed E-state index contributed by atoms with van der Waals surface area (Å²) in [5, 5.41) is 9.59. The lowest BCUT2D eigenvalue weighted by Crippen LogP contribution is -2.50. The molecule has 0 unspecified atom stereocenters. The van der Waals surface area contributed by atoms with Crippen LogP contribution in [0, 0.1) is 6.92 Å². The molecule has 0 saturated carbocycles. The number of fused-ring (bicyclic) bond motifs is 2. The fraction of sp³-hybridized carbons (Fsp3) is 0.353. The van der Waals surface area contributed by atoms with Gasteiger partial charge in [0.2, 0.25) is 0 Å². The zero-order valence-electron chi connectivity index (χ0n) is 25.9. The van der Waals surface area contributed by atoms with Crippen molar-refractivity contribution in [1.29, 1.82) is 0 Å². The number of hydrogen-bond acceptors (Lipinski definition) is 6. The van der Waals surface area contributed by atoms with Crippen LogP contribution in [0.5, 0.6) is 0 Å². The number of carbonyl (C=O) groups excluding carboxylic acids is 1. The Kier molecular flexibility index (Phi) is 7.61. The third-order valence-electron chi connectivity index (χ3n) is 8.09. The number of ether oxygens (including phenoxy) is 1. The summed E-state index contributed by atoms with van der Waals surface area (Å²) in [5.74, 6) is 0.737. The second-order valence-corrected chi connectivity index (χ2v) is 13.1. The van der Waals surface area contributed by atoms with Gasteiger partial charge in [0.05, 0.1) is 22.9 Å². The van der Waals surface area contributed by atoms with E-state index in [1.165, 1.54) is 0 Å². The van der Waals surface area contributed by atoms with Crippen LogP contribution in [0.25, 0.3) is 38.6 Å². The van der Waals surface area contributed by atoms with Crippen LogP contribution in [0.1, 0.15) is 51.7 Å². The van der Waals surface area contributed by atoms with Gasteiger partial charge in [-0.1, -0.05) is 49.7 Å². The predicted octanol–water partition coefficient (Wildman–Crippen LogP) is 7.07. The largest absolute Gasteiger partial charge is 0.444 e. The first-order chi connectivity index (χ1) is 20.9. The van der Waals surface area contributed by atoms with E-state index < -0.39 is 5.60 Å². The maximum absolute atomic E-state index is 14.1. The first-order valence-electron chi connectivity index (χ1n) is 14.9. The van der Waals surface area contributed by atoms with Crippen molar-refractivity contribution in [1.82, 2.24) is 24.6 Å². The molecule has 1 amide bonds.